The molecule has 0 amide bonds. The predicted octanol–water partition coefficient (Wildman–Crippen LogP) is 3.72. The van der Waals surface area contributed by atoms with Gasteiger partial charge in [0.25, 0.3) is 10.1 Å². The zero-order valence-electron chi connectivity index (χ0n) is 11.3. The van der Waals surface area contributed by atoms with Crippen LogP contribution in [0.1, 0.15) is 37.8 Å². The zero-order valence-corrected chi connectivity index (χ0v) is 12.2. The Morgan fingerprint density at radius 1 is 1.11 bits per heavy atom. The smallest absolute Gasteiger partial charge is 0.282 e. The lowest BCUT2D eigenvalue weighted by Crippen LogP contribution is -1.96. The van der Waals surface area contributed by atoms with Crippen molar-refractivity contribution in [1.82, 2.24) is 0 Å². The van der Waals surface area contributed by atoms with Crippen molar-refractivity contribution in [2.45, 2.75) is 38.0 Å². The Hall–Kier alpha value is -1.39. The van der Waals surface area contributed by atoms with Gasteiger partial charge in [-0.25, -0.2) is 0 Å². The molecule has 2 rings (SSSR count). The first-order valence-electron chi connectivity index (χ1n) is 6.37. The van der Waals surface area contributed by atoms with E-state index >= 15 is 0 Å². The average molecular weight is 278 g/mol. The molecule has 0 spiro atoms. The molecule has 2 aliphatic rings. The van der Waals surface area contributed by atoms with Crippen LogP contribution in [0.2, 0.25) is 0 Å². The number of fused-ring (bicyclic) bond motifs is 1. The molecule has 3 nitrogen and oxygen atoms in total. The van der Waals surface area contributed by atoms with E-state index in [-0.39, 0.29) is 4.90 Å². The molecule has 102 valence electrons. The molecular formula is C15H18O3S. The average Bonchev–Trinajstić information content (AvgIpc) is 2.52. The second kappa shape index (κ2) is 4.94. The Balaban J connectivity index is 2.77. The quantitative estimate of drug-likeness (QED) is 0.870. The molecule has 0 saturated carbocycles. The summed E-state index contributed by atoms with van der Waals surface area (Å²) in [5, 5.41) is 0. The fourth-order valence-electron chi connectivity index (χ4n) is 2.29. The van der Waals surface area contributed by atoms with Gasteiger partial charge < -0.3 is 0 Å². The summed E-state index contributed by atoms with van der Waals surface area (Å²) in [6, 6.07) is 9.22. The van der Waals surface area contributed by atoms with Gasteiger partial charge in [-0.05, 0) is 35.1 Å². The van der Waals surface area contributed by atoms with Gasteiger partial charge >= 0.3 is 0 Å². The second-order valence-electron chi connectivity index (χ2n) is 5.01. The lowest BCUT2D eigenvalue weighted by Gasteiger charge is -1.99. The summed E-state index contributed by atoms with van der Waals surface area (Å²) in [6.07, 6.45) is 0.729. The fourth-order valence-corrected chi connectivity index (χ4v) is 3.04. The molecule has 0 heterocycles. The van der Waals surface area contributed by atoms with Crippen LogP contribution in [0.15, 0.2) is 35.2 Å². The van der Waals surface area contributed by atoms with E-state index in [1.54, 1.807) is 12.1 Å². The number of aryl methyl sites for hydroxylation is 1. The van der Waals surface area contributed by atoms with Crippen molar-refractivity contribution in [3.63, 3.8) is 0 Å². The first-order valence-corrected chi connectivity index (χ1v) is 7.81. The number of hydrogen-bond donors (Lipinski definition) is 1. The Labute approximate surface area is 114 Å². The van der Waals surface area contributed by atoms with Crippen LogP contribution in [-0.4, -0.2) is 13.0 Å². The van der Waals surface area contributed by atoms with Gasteiger partial charge in [-0.3, -0.25) is 4.55 Å². The van der Waals surface area contributed by atoms with Crippen LogP contribution in [0.5, 0.6) is 0 Å². The third-order valence-corrected chi connectivity index (χ3v) is 4.31. The second-order valence-corrected chi connectivity index (χ2v) is 6.40. The molecular weight excluding hydrogens is 260 g/mol. The van der Waals surface area contributed by atoms with Gasteiger partial charge in [-0.1, -0.05) is 45.0 Å². The van der Waals surface area contributed by atoms with Crippen molar-refractivity contribution in [3.8, 4) is 11.1 Å². The summed E-state index contributed by atoms with van der Waals surface area (Å²) in [5.74, 6) is 0.371. The van der Waals surface area contributed by atoms with E-state index in [2.05, 4.69) is 13.8 Å². The number of rotatable bonds is 3. The molecule has 0 aromatic rings. The molecule has 19 heavy (non-hydrogen) atoms. The van der Waals surface area contributed by atoms with Crippen molar-refractivity contribution in [2.75, 3.05) is 0 Å². The molecule has 0 aromatic heterocycles. The Kier molecular flexibility index (Phi) is 3.65. The zero-order chi connectivity index (χ0) is 14.2. The van der Waals surface area contributed by atoms with Gasteiger partial charge in [0, 0.05) is 5.56 Å². The Morgan fingerprint density at radius 3 is 2.16 bits per heavy atom. The van der Waals surface area contributed by atoms with Gasteiger partial charge in [0.15, 0.2) is 0 Å². The molecule has 0 unspecified atom stereocenters. The van der Waals surface area contributed by atoms with Crippen LogP contribution in [-0.2, 0) is 16.5 Å². The highest BCUT2D eigenvalue weighted by Gasteiger charge is 2.22. The van der Waals surface area contributed by atoms with E-state index in [1.165, 1.54) is 0 Å². The number of hydrogen-bond acceptors (Lipinski definition) is 2. The van der Waals surface area contributed by atoms with Gasteiger partial charge in [0.05, 0.1) is 0 Å². The van der Waals surface area contributed by atoms with E-state index in [0.29, 0.717) is 11.5 Å². The lowest BCUT2D eigenvalue weighted by atomic mass is 10.1. The van der Waals surface area contributed by atoms with Crippen molar-refractivity contribution >= 4 is 10.1 Å². The van der Waals surface area contributed by atoms with Gasteiger partial charge in [0.1, 0.15) is 4.90 Å². The maximum atomic E-state index is 11.5. The first kappa shape index (κ1) is 14.0. The minimum atomic E-state index is -4.18. The van der Waals surface area contributed by atoms with E-state index in [1.807, 2.05) is 25.1 Å². The maximum absolute atomic E-state index is 11.5. The maximum Gasteiger partial charge on any atom is 0.295 e. The van der Waals surface area contributed by atoms with E-state index in [4.69, 9.17) is 0 Å². The summed E-state index contributed by atoms with van der Waals surface area (Å²) in [5.41, 5.74) is 3.56. The standard InChI is InChI=1S/C15H18O3S/c1-4-11-9-15(19(16,17)18)14-8-6-12(10(2)3)5-7-13(11)14/h5-10H,4H2,1-3H3,(H,16,17,18). The highest BCUT2D eigenvalue weighted by molar-refractivity contribution is 7.86. The molecule has 1 N–H and O–H groups in total. The van der Waals surface area contributed by atoms with Crippen LogP contribution in [0.3, 0.4) is 0 Å². The Morgan fingerprint density at radius 2 is 1.68 bits per heavy atom. The van der Waals surface area contributed by atoms with Crippen molar-refractivity contribution < 1.29 is 13.0 Å². The fraction of sp³-hybridized carbons (Fsp3) is 0.333. The van der Waals surface area contributed by atoms with Crippen molar-refractivity contribution in [2.24, 2.45) is 0 Å². The van der Waals surface area contributed by atoms with Gasteiger partial charge in [0.2, 0.25) is 0 Å². The van der Waals surface area contributed by atoms with Crippen LogP contribution >= 0.6 is 0 Å². The summed E-state index contributed by atoms with van der Waals surface area (Å²) in [7, 11) is -4.18. The Bertz CT molecular complexity index is 672. The first-order chi connectivity index (χ1) is 8.84. The highest BCUT2D eigenvalue weighted by Crippen LogP contribution is 2.35. The molecule has 0 radical (unpaired) electrons. The monoisotopic (exact) mass is 278 g/mol. The normalized spacial score (nSPS) is 12.3. The molecule has 4 heteroatoms. The topological polar surface area (TPSA) is 54.4 Å². The van der Waals surface area contributed by atoms with Crippen molar-refractivity contribution in [3.05, 3.63) is 41.5 Å². The van der Waals surface area contributed by atoms with Crippen molar-refractivity contribution in [1.29, 1.82) is 0 Å². The predicted molar refractivity (Wildman–Crippen MR) is 76.3 cm³/mol. The molecule has 0 atom stereocenters. The molecule has 0 bridgehead atoms. The SMILES string of the molecule is CCc1cc(S(=O)(=O)O)c2ccc(C(C)C)ccc1-2. The summed E-state index contributed by atoms with van der Waals surface area (Å²) >= 11 is 0. The van der Waals surface area contributed by atoms with Crippen LogP contribution in [0, 0.1) is 0 Å². The minimum absolute atomic E-state index is 0.00487. The molecule has 0 saturated heterocycles. The van der Waals surface area contributed by atoms with E-state index in [0.717, 1.165) is 23.1 Å². The third-order valence-electron chi connectivity index (χ3n) is 3.42. The highest BCUT2D eigenvalue weighted by atomic mass is 32.2. The lowest BCUT2D eigenvalue weighted by molar-refractivity contribution is 0.484. The summed E-state index contributed by atoms with van der Waals surface area (Å²) in [6.45, 7) is 6.15. The minimum Gasteiger partial charge on any atom is -0.282 e. The largest absolute Gasteiger partial charge is 0.295 e. The van der Waals surface area contributed by atoms with Crippen LogP contribution in [0.4, 0.5) is 0 Å². The molecule has 0 aliphatic heterocycles. The van der Waals surface area contributed by atoms with E-state index < -0.39 is 10.1 Å². The molecule has 2 aliphatic carbocycles. The molecule has 0 fully saturated rings. The summed E-state index contributed by atoms with van der Waals surface area (Å²) < 4.78 is 32.2. The van der Waals surface area contributed by atoms with Crippen LogP contribution in [0.25, 0.3) is 11.1 Å². The molecule has 0 aromatic carbocycles. The third kappa shape index (κ3) is 2.65. The van der Waals surface area contributed by atoms with Crippen LogP contribution < -0.4 is 0 Å². The van der Waals surface area contributed by atoms with E-state index in [9.17, 15) is 13.0 Å². The van der Waals surface area contributed by atoms with Gasteiger partial charge in [-0.2, -0.15) is 8.42 Å². The summed E-state index contributed by atoms with van der Waals surface area (Å²) in [4.78, 5) is 0.00487. The van der Waals surface area contributed by atoms with Gasteiger partial charge in [-0.15, -0.1) is 0 Å².